The molecule has 1 aliphatic carbocycles. The largest absolute Gasteiger partial charge is 0.391 e. The molecule has 1 rings (SSSR count). The molecule has 0 aromatic rings. The summed E-state index contributed by atoms with van der Waals surface area (Å²) >= 11 is 0. The molecule has 0 aromatic heterocycles. The van der Waals surface area contributed by atoms with Crippen LogP contribution in [0.3, 0.4) is 0 Å². The Morgan fingerprint density at radius 1 is 1.31 bits per heavy atom. The molecule has 2 atom stereocenters. The lowest BCUT2D eigenvalue weighted by atomic mass is 9.91. The predicted molar refractivity (Wildman–Crippen MR) is 66.6 cm³/mol. The van der Waals surface area contributed by atoms with Gasteiger partial charge >= 0.3 is 0 Å². The third-order valence-electron chi connectivity index (χ3n) is 3.88. The number of hydrogen-bond donors (Lipinski definition) is 1. The third-order valence-corrected chi connectivity index (χ3v) is 3.88. The number of aliphatic hydroxyl groups excluding tert-OH is 1. The lowest BCUT2D eigenvalue weighted by Crippen LogP contribution is -2.45. The van der Waals surface area contributed by atoms with E-state index in [-0.39, 0.29) is 11.7 Å². The minimum absolute atomic E-state index is 0.0616. The van der Waals surface area contributed by atoms with E-state index >= 15 is 0 Å². The molecule has 1 fully saturated rings. The number of ether oxygens (including phenoxy) is 1. The summed E-state index contributed by atoms with van der Waals surface area (Å²) in [5, 5.41) is 9.95. The Balaban J connectivity index is 2.36. The van der Waals surface area contributed by atoms with E-state index in [0.29, 0.717) is 6.04 Å². The van der Waals surface area contributed by atoms with Gasteiger partial charge in [0.05, 0.1) is 11.7 Å². The van der Waals surface area contributed by atoms with Gasteiger partial charge in [-0.3, -0.25) is 0 Å². The number of rotatable bonds is 5. The van der Waals surface area contributed by atoms with Gasteiger partial charge in [-0.1, -0.05) is 12.8 Å². The lowest BCUT2D eigenvalue weighted by Gasteiger charge is -2.36. The molecule has 0 heterocycles. The number of hydrogen-bond acceptors (Lipinski definition) is 3. The second kappa shape index (κ2) is 5.99. The highest BCUT2D eigenvalue weighted by Crippen LogP contribution is 2.23. The Hall–Kier alpha value is -0.120. The van der Waals surface area contributed by atoms with Gasteiger partial charge < -0.3 is 14.7 Å². The molecule has 16 heavy (non-hydrogen) atoms. The average Bonchev–Trinajstić information content (AvgIpc) is 2.27. The van der Waals surface area contributed by atoms with Crippen LogP contribution < -0.4 is 0 Å². The maximum atomic E-state index is 9.95. The fourth-order valence-corrected chi connectivity index (χ4v) is 2.32. The SMILES string of the molecule is COC(C)(C)CCN(C)C1CCCCC1O. The van der Waals surface area contributed by atoms with Gasteiger partial charge in [-0.05, 0) is 40.2 Å². The van der Waals surface area contributed by atoms with Crippen molar-refractivity contribution in [1.29, 1.82) is 0 Å². The van der Waals surface area contributed by atoms with Gasteiger partial charge in [-0.2, -0.15) is 0 Å². The van der Waals surface area contributed by atoms with E-state index in [1.165, 1.54) is 12.8 Å². The van der Waals surface area contributed by atoms with Crippen molar-refractivity contribution in [1.82, 2.24) is 4.90 Å². The normalized spacial score (nSPS) is 27.4. The molecular formula is C13H27NO2. The summed E-state index contributed by atoms with van der Waals surface area (Å²) in [5.41, 5.74) is -0.0616. The molecule has 0 bridgehead atoms. The molecule has 0 radical (unpaired) electrons. The summed E-state index contributed by atoms with van der Waals surface area (Å²) < 4.78 is 5.41. The first-order valence-corrected chi connectivity index (χ1v) is 6.40. The fraction of sp³-hybridized carbons (Fsp3) is 1.00. The maximum absolute atomic E-state index is 9.95. The molecule has 2 unspecified atom stereocenters. The summed E-state index contributed by atoms with van der Waals surface area (Å²) in [6, 6.07) is 0.349. The average molecular weight is 229 g/mol. The summed E-state index contributed by atoms with van der Waals surface area (Å²) in [4.78, 5) is 2.30. The van der Waals surface area contributed by atoms with Crippen molar-refractivity contribution in [2.75, 3.05) is 20.7 Å². The van der Waals surface area contributed by atoms with Gasteiger partial charge in [0, 0.05) is 19.7 Å². The van der Waals surface area contributed by atoms with E-state index in [4.69, 9.17) is 4.74 Å². The van der Waals surface area contributed by atoms with E-state index in [2.05, 4.69) is 25.8 Å². The van der Waals surface area contributed by atoms with Crippen LogP contribution in [0.1, 0.15) is 46.0 Å². The Labute approximate surface area is 99.8 Å². The highest BCUT2D eigenvalue weighted by Gasteiger charge is 2.27. The van der Waals surface area contributed by atoms with Crippen molar-refractivity contribution >= 4 is 0 Å². The summed E-state index contributed by atoms with van der Waals surface area (Å²) in [6.45, 7) is 5.21. The zero-order valence-corrected chi connectivity index (χ0v) is 11.2. The predicted octanol–water partition coefficient (Wildman–Crippen LogP) is 2.04. The van der Waals surface area contributed by atoms with E-state index in [1.807, 2.05) is 0 Å². The summed E-state index contributed by atoms with van der Waals surface area (Å²) in [6.07, 6.45) is 5.38. The van der Waals surface area contributed by atoms with E-state index in [0.717, 1.165) is 25.8 Å². The van der Waals surface area contributed by atoms with Crippen LogP contribution in [0.15, 0.2) is 0 Å². The van der Waals surface area contributed by atoms with Crippen LogP contribution in [0.2, 0.25) is 0 Å². The summed E-state index contributed by atoms with van der Waals surface area (Å²) in [7, 11) is 3.88. The molecule has 1 aliphatic rings. The van der Waals surface area contributed by atoms with Crippen molar-refractivity contribution in [3.05, 3.63) is 0 Å². The highest BCUT2D eigenvalue weighted by atomic mass is 16.5. The van der Waals surface area contributed by atoms with Crippen LogP contribution in [0, 0.1) is 0 Å². The maximum Gasteiger partial charge on any atom is 0.0695 e. The molecule has 1 saturated carbocycles. The molecule has 0 aliphatic heterocycles. The van der Waals surface area contributed by atoms with Gasteiger partial charge in [0.15, 0.2) is 0 Å². The molecule has 96 valence electrons. The lowest BCUT2D eigenvalue weighted by molar-refractivity contribution is -0.00988. The molecule has 0 aromatic carbocycles. The second-order valence-corrected chi connectivity index (χ2v) is 5.61. The van der Waals surface area contributed by atoms with E-state index in [1.54, 1.807) is 7.11 Å². The number of aliphatic hydroxyl groups is 1. The monoisotopic (exact) mass is 229 g/mol. The molecule has 0 amide bonds. The zero-order valence-electron chi connectivity index (χ0n) is 11.2. The van der Waals surface area contributed by atoms with Crippen LogP contribution >= 0.6 is 0 Å². The molecule has 0 saturated heterocycles. The van der Waals surface area contributed by atoms with Gasteiger partial charge in [0.2, 0.25) is 0 Å². The van der Waals surface area contributed by atoms with Crippen LogP contribution in [-0.2, 0) is 4.74 Å². The molecular weight excluding hydrogens is 202 g/mol. The molecule has 0 spiro atoms. The minimum Gasteiger partial charge on any atom is -0.391 e. The van der Waals surface area contributed by atoms with Crippen LogP contribution in [0.5, 0.6) is 0 Å². The zero-order chi connectivity index (χ0) is 12.2. The molecule has 3 heteroatoms. The Bertz CT molecular complexity index is 206. The van der Waals surface area contributed by atoms with Crippen LogP contribution in [-0.4, -0.2) is 48.5 Å². The van der Waals surface area contributed by atoms with Crippen molar-refractivity contribution in [3.8, 4) is 0 Å². The van der Waals surface area contributed by atoms with Crippen molar-refractivity contribution in [3.63, 3.8) is 0 Å². The molecule has 3 nitrogen and oxygen atoms in total. The Kier molecular flexibility index (Phi) is 5.22. The number of nitrogens with zero attached hydrogens (tertiary/aromatic N) is 1. The first kappa shape index (κ1) is 13.9. The smallest absolute Gasteiger partial charge is 0.0695 e. The highest BCUT2D eigenvalue weighted by molar-refractivity contribution is 4.82. The van der Waals surface area contributed by atoms with Crippen LogP contribution in [0.4, 0.5) is 0 Å². The molecule has 1 N–H and O–H groups in total. The second-order valence-electron chi connectivity index (χ2n) is 5.61. The third kappa shape index (κ3) is 4.04. The van der Waals surface area contributed by atoms with Gasteiger partial charge in [-0.15, -0.1) is 0 Å². The van der Waals surface area contributed by atoms with Gasteiger partial charge in [0.1, 0.15) is 0 Å². The van der Waals surface area contributed by atoms with Crippen LogP contribution in [0.25, 0.3) is 0 Å². The van der Waals surface area contributed by atoms with Crippen molar-refractivity contribution in [2.45, 2.75) is 63.7 Å². The topological polar surface area (TPSA) is 32.7 Å². The van der Waals surface area contributed by atoms with E-state index in [9.17, 15) is 5.11 Å². The number of methoxy groups -OCH3 is 1. The number of likely N-dealkylation sites (N-methyl/N-ethyl adjacent to an activating group) is 1. The quantitative estimate of drug-likeness (QED) is 0.783. The van der Waals surface area contributed by atoms with Crippen molar-refractivity contribution < 1.29 is 9.84 Å². The Morgan fingerprint density at radius 3 is 2.50 bits per heavy atom. The Morgan fingerprint density at radius 2 is 1.94 bits per heavy atom. The first-order valence-electron chi connectivity index (χ1n) is 6.40. The van der Waals surface area contributed by atoms with Gasteiger partial charge in [-0.25, -0.2) is 0 Å². The minimum atomic E-state index is -0.135. The van der Waals surface area contributed by atoms with Gasteiger partial charge in [0.25, 0.3) is 0 Å². The standard InChI is InChI=1S/C13H27NO2/c1-13(2,16-4)9-10-14(3)11-7-5-6-8-12(11)15/h11-12,15H,5-10H2,1-4H3. The fourth-order valence-electron chi connectivity index (χ4n) is 2.32. The summed E-state index contributed by atoms with van der Waals surface area (Å²) in [5.74, 6) is 0. The van der Waals surface area contributed by atoms with Crippen molar-refractivity contribution in [2.24, 2.45) is 0 Å². The first-order chi connectivity index (χ1) is 7.46. The van der Waals surface area contributed by atoms with E-state index < -0.39 is 0 Å².